The van der Waals surface area contributed by atoms with E-state index in [4.69, 9.17) is 9.15 Å². The van der Waals surface area contributed by atoms with Gasteiger partial charge in [0, 0.05) is 17.5 Å². The van der Waals surface area contributed by atoms with Crippen molar-refractivity contribution in [1.82, 2.24) is 4.90 Å². The van der Waals surface area contributed by atoms with Crippen molar-refractivity contribution in [1.29, 1.82) is 0 Å². The fourth-order valence-corrected chi connectivity index (χ4v) is 2.68. The summed E-state index contributed by atoms with van der Waals surface area (Å²) in [5, 5.41) is 0. The first-order valence-corrected chi connectivity index (χ1v) is 8.70. The van der Waals surface area contributed by atoms with Crippen molar-refractivity contribution < 1.29 is 22.7 Å². The number of furan rings is 1. The van der Waals surface area contributed by atoms with Crippen molar-refractivity contribution in [3.05, 3.63) is 47.7 Å². The van der Waals surface area contributed by atoms with Gasteiger partial charge in [0.05, 0.1) is 6.61 Å². The molecule has 0 spiro atoms. The van der Waals surface area contributed by atoms with Crippen LogP contribution >= 0.6 is 12.4 Å². The summed E-state index contributed by atoms with van der Waals surface area (Å²) in [6.45, 7) is 11.2. The van der Waals surface area contributed by atoms with Gasteiger partial charge in [0.15, 0.2) is 11.6 Å². The Bertz CT molecular complexity index is 757. The highest BCUT2D eigenvalue weighted by atomic mass is 35.5. The number of nitrogens with zero attached hydrogens (tertiary/aromatic N) is 1. The van der Waals surface area contributed by atoms with Crippen molar-refractivity contribution in [2.24, 2.45) is 5.41 Å². The number of carbonyl (C=O) groups is 1. The lowest BCUT2D eigenvalue weighted by molar-refractivity contribution is 0.0243. The van der Waals surface area contributed by atoms with Gasteiger partial charge in [-0.15, -0.1) is 12.4 Å². The molecule has 0 saturated heterocycles. The molecule has 0 saturated carbocycles. The summed E-state index contributed by atoms with van der Waals surface area (Å²) in [5.74, 6) is -2.18. The molecule has 1 heterocycles. The SMILES string of the molecule is CCN(CC)CC(C)(C)COC(=O)c1ccc(-c2ccc(F)c(F)c2)o1.Cl. The largest absolute Gasteiger partial charge is 0.459 e. The van der Waals surface area contributed by atoms with Crippen LogP contribution in [0.5, 0.6) is 0 Å². The molecule has 2 rings (SSSR count). The van der Waals surface area contributed by atoms with Crippen molar-refractivity contribution in [3.63, 3.8) is 0 Å². The van der Waals surface area contributed by atoms with Crippen LogP contribution < -0.4 is 0 Å². The van der Waals surface area contributed by atoms with E-state index in [0.717, 1.165) is 31.8 Å². The number of rotatable bonds is 8. The maximum atomic E-state index is 13.3. The Morgan fingerprint density at radius 2 is 1.78 bits per heavy atom. The molecule has 0 unspecified atom stereocenters. The van der Waals surface area contributed by atoms with E-state index in [1.807, 2.05) is 13.8 Å². The first-order chi connectivity index (χ1) is 12.3. The summed E-state index contributed by atoms with van der Waals surface area (Å²) in [4.78, 5) is 14.5. The number of hydrogen-bond acceptors (Lipinski definition) is 4. The Morgan fingerprint density at radius 3 is 2.37 bits per heavy atom. The van der Waals surface area contributed by atoms with Crippen LogP contribution in [-0.2, 0) is 4.74 Å². The third kappa shape index (κ3) is 6.33. The molecular formula is C20H26ClF2NO3. The molecule has 4 nitrogen and oxygen atoms in total. The minimum Gasteiger partial charge on any atom is -0.459 e. The molecule has 0 bridgehead atoms. The van der Waals surface area contributed by atoms with Gasteiger partial charge in [-0.05, 0) is 43.4 Å². The fourth-order valence-electron chi connectivity index (χ4n) is 2.68. The van der Waals surface area contributed by atoms with Crippen LogP contribution in [0.25, 0.3) is 11.3 Å². The monoisotopic (exact) mass is 401 g/mol. The van der Waals surface area contributed by atoms with E-state index in [1.54, 1.807) is 0 Å². The Balaban J connectivity index is 0.00000364. The summed E-state index contributed by atoms with van der Waals surface area (Å²) in [6.07, 6.45) is 0. The molecule has 0 radical (unpaired) electrons. The number of halogens is 3. The Hall–Kier alpha value is -1.92. The molecule has 0 atom stereocenters. The molecular weight excluding hydrogens is 376 g/mol. The number of esters is 1. The van der Waals surface area contributed by atoms with Crippen LogP contribution in [0.1, 0.15) is 38.2 Å². The van der Waals surface area contributed by atoms with Crippen molar-refractivity contribution >= 4 is 18.4 Å². The van der Waals surface area contributed by atoms with Crippen LogP contribution in [0.15, 0.2) is 34.7 Å². The fraction of sp³-hybridized carbons (Fsp3) is 0.450. The molecule has 0 aliphatic rings. The standard InChI is InChI=1S/C20H25F2NO3.ClH/c1-5-23(6-2)12-20(3,4)13-25-19(24)18-10-9-17(26-18)14-7-8-15(21)16(22)11-14;/h7-11H,5-6,12-13H2,1-4H3;1H. The number of benzene rings is 1. The van der Waals surface area contributed by atoms with Gasteiger partial charge < -0.3 is 14.1 Å². The first kappa shape index (κ1) is 23.1. The Kier molecular flexibility index (Phi) is 8.44. The number of carbonyl (C=O) groups excluding carboxylic acids is 1. The van der Waals surface area contributed by atoms with Gasteiger partial charge in [-0.2, -0.15) is 0 Å². The minimum absolute atomic E-state index is 0. The molecule has 0 fully saturated rings. The summed E-state index contributed by atoms with van der Waals surface area (Å²) >= 11 is 0. The van der Waals surface area contributed by atoms with Gasteiger partial charge in [-0.3, -0.25) is 0 Å². The summed E-state index contributed by atoms with van der Waals surface area (Å²) in [6, 6.07) is 6.43. The normalized spacial score (nSPS) is 11.4. The molecule has 7 heteroatoms. The maximum Gasteiger partial charge on any atom is 0.374 e. The van der Waals surface area contributed by atoms with Crippen LogP contribution in [-0.4, -0.2) is 37.1 Å². The molecule has 27 heavy (non-hydrogen) atoms. The summed E-state index contributed by atoms with van der Waals surface area (Å²) < 4.78 is 37.2. The van der Waals surface area contributed by atoms with E-state index in [2.05, 4.69) is 18.7 Å². The van der Waals surface area contributed by atoms with E-state index >= 15 is 0 Å². The second kappa shape index (κ2) is 9.85. The van der Waals surface area contributed by atoms with Gasteiger partial charge >= 0.3 is 5.97 Å². The van der Waals surface area contributed by atoms with Crippen LogP contribution in [0.4, 0.5) is 8.78 Å². The van der Waals surface area contributed by atoms with E-state index in [9.17, 15) is 13.6 Å². The lowest BCUT2D eigenvalue weighted by Crippen LogP contribution is -2.37. The number of hydrogen-bond donors (Lipinski definition) is 0. The third-order valence-corrected chi connectivity index (χ3v) is 4.15. The van der Waals surface area contributed by atoms with Gasteiger partial charge in [0.1, 0.15) is 5.76 Å². The lowest BCUT2D eigenvalue weighted by atomic mass is 9.94. The van der Waals surface area contributed by atoms with Crippen molar-refractivity contribution in [2.45, 2.75) is 27.7 Å². The van der Waals surface area contributed by atoms with E-state index in [0.29, 0.717) is 5.56 Å². The number of ether oxygens (including phenoxy) is 1. The van der Waals surface area contributed by atoms with E-state index < -0.39 is 17.6 Å². The molecule has 0 aliphatic heterocycles. The molecule has 1 aromatic carbocycles. The van der Waals surface area contributed by atoms with Crippen LogP contribution in [0, 0.1) is 17.0 Å². The zero-order valence-corrected chi connectivity index (χ0v) is 16.9. The topological polar surface area (TPSA) is 42.7 Å². The maximum absolute atomic E-state index is 13.3. The lowest BCUT2D eigenvalue weighted by Gasteiger charge is -2.30. The van der Waals surface area contributed by atoms with Crippen LogP contribution in [0.3, 0.4) is 0 Å². The van der Waals surface area contributed by atoms with Crippen LogP contribution in [0.2, 0.25) is 0 Å². The van der Waals surface area contributed by atoms with E-state index in [1.165, 1.54) is 18.2 Å². The van der Waals surface area contributed by atoms with Crippen molar-refractivity contribution in [3.8, 4) is 11.3 Å². The summed E-state index contributed by atoms with van der Waals surface area (Å²) in [7, 11) is 0. The van der Waals surface area contributed by atoms with Crippen molar-refractivity contribution in [2.75, 3.05) is 26.2 Å². The van der Waals surface area contributed by atoms with Gasteiger partial charge in [-0.25, -0.2) is 13.6 Å². The third-order valence-electron chi connectivity index (χ3n) is 4.15. The zero-order valence-electron chi connectivity index (χ0n) is 16.1. The predicted molar refractivity (Wildman–Crippen MR) is 103 cm³/mol. The highest BCUT2D eigenvalue weighted by Gasteiger charge is 2.24. The zero-order chi connectivity index (χ0) is 19.3. The second-order valence-electron chi connectivity index (χ2n) is 6.99. The molecule has 1 aromatic heterocycles. The smallest absolute Gasteiger partial charge is 0.374 e. The quantitative estimate of drug-likeness (QED) is 0.572. The molecule has 2 aromatic rings. The first-order valence-electron chi connectivity index (χ1n) is 8.70. The highest BCUT2D eigenvalue weighted by molar-refractivity contribution is 5.87. The Morgan fingerprint density at radius 1 is 1.11 bits per heavy atom. The van der Waals surface area contributed by atoms with Gasteiger partial charge in [0.25, 0.3) is 0 Å². The average molecular weight is 402 g/mol. The summed E-state index contributed by atoms with van der Waals surface area (Å²) in [5.41, 5.74) is 0.154. The second-order valence-corrected chi connectivity index (χ2v) is 6.99. The van der Waals surface area contributed by atoms with Gasteiger partial charge in [-0.1, -0.05) is 27.7 Å². The molecule has 0 aliphatic carbocycles. The predicted octanol–water partition coefficient (Wildman–Crippen LogP) is 5.17. The van der Waals surface area contributed by atoms with Gasteiger partial charge in [0.2, 0.25) is 5.76 Å². The highest BCUT2D eigenvalue weighted by Crippen LogP contribution is 2.25. The average Bonchev–Trinajstić information content (AvgIpc) is 3.10. The minimum atomic E-state index is -0.971. The molecule has 0 amide bonds. The van der Waals surface area contributed by atoms with E-state index in [-0.39, 0.29) is 35.9 Å². The molecule has 0 N–H and O–H groups in total. The Labute approximate surface area is 164 Å². The molecule has 150 valence electrons.